The van der Waals surface area contributed by atoms with Gasteiger partial charge in [0.15, 0.2) is 0 Å². The number of carbonyl (C=O) groups is 2. The van der Waals surface area contributed by atoms with Crippen molar-refractivity contribution < 1.29 is 14.7 Å². The van der Waals surface area contributed by atoms with E-state index in [2.05, 4.69) is 16.8 Å². The number of aliphatic carboxylic acids is 1. The van der Waals surface area contributed by atoms with Gasteiger partial charge in [-0.05, 0) is 43.5 Å². The van der Waals surface area contributed by atoms with E-state index in [1.165, 1.54) is 0 Å². The fourth-order valence-corrected chi connectivity index (χ4v) is 4.40. The quantitative estimate of drug-likeness (QED) is 0.758. The molecule has 0 aliphatic carbocycles. The van der Waals surface area contributed by atoms with Crippen molar-refractivity contribution in [3.63, 3.8) is 0 Å². The molecule has 0 unspecified atom stereocenters. The highest BCUT2D eigenvalue weighted by Gasteiger charge is 2.36. The summed E-state index contributed by atoms with van der Waals surface area (Å²) in [5.41, 5.74) is 7.32. The monoisotopic (exact) mass is 388 g/mol. The maximum atomic E-state index is 13.0. The lowest BCUT2D eigenvalue weighted by atomic mass is 9.86. The molecule has 0 saturated carbocycles. The lowest BCUT2D eigenvalue weighted by molar-refractivity contribution is -0.137. The summed E-state index contributed by atoms with van der Waals surface area (Å²) in [6, 6.07) is 7.82. The van der Waals surface area contributed by atoms with Crippen LogP contribution in [0, 0.1) is 5.92 Å². The minimum atomic E-state index is -0.766. The number of likely N-dealkylation sites (tertiary alicyclic amines) is 1. The summed E-state index contributed by atoms with van der Waals surface area (Å²) in [5.74, 6) is -0.542. The predicted octanol–water partition coefficient (Wildman–Crippen LogP) is 1.09. The molecule has 2 atom stereocenters. The van der Waals surface area contributed by atoms with E-state index >= 15 is 0 Å². The Balaban J connectivity index is 1.68. The van der Waals surface area contributed by atoms with Crippen molar-refractivity contribution in [2.75, 3.05) is 46.3 Å². The Morgan fingerprint density at radius 1 is 1.11 bits per heavy atom. The summed E-state index contributed by atoms with van der Waals surface area (Å²) >= 11 is 0. The number of amides is 1. The average molecular weight is 389 g/mol. The molecular weight excluding hydrogens is 356 g/mol. The lowest BCUT2D eigenvalue weighted by Gasteiger charge is -2.46. The zero-order chi connectivity index (χ0) is 20.1. The third-order valence-corrected chi connectivity index (χ3v) is 6.15. The van der Waals surface area contributed by atoms with Crippen LogP contribution in [-0.4, -0.2) is 84.0 Å². The second-order valence-corrected chi connectivity index (χ2v) is 8.04. The maximum absolute atomic E-state index is 13.0. The molecule has 2 fully saturated rings. The van der Waals surface area contributed by atoms with Gasteiger partial charge in [0.05, 0.1) is 0 Å². The van der Waals surface area contributed by atoms with Crippen LogP contribution in [0.5, 0.6) is 0 Å². The molecule has 2 aliphatic heterocycles. The zero-order valence-corrected chi connectivity index (χ0v) is 16.7. The van der Waals surface area contributed by atoms with Gasteiger partial charge in [-0.2, -0.15) is 0 Å². The minimum absolute atomic E-state index is 0.0284. The number of carbonyl (C=O) groups excluding carboxylic acids is 1. The largest absolute Gasteiger partial charge is 0.481 e. The number of nitrogens with zero attached hydrogens (tertiary/aromatic N) is 3. The number of nitrogens with two attached hydrogens (primary N) is 1. The van der Waals surface area contributed by atoms with E-state index in [4.69, 9.17) is 10.8 Å². The number of benzene rings is 1. The number of carboxylic acids is 1. The second-order valence-electron chi connectivity index (χ2n) is 8.04. The van der Waals surface area contributed by atoms with Gasteiger partial charge in [0.25, 0.3) is 5.91 Å². The number of hydrogen-bond acceptors (Lipinski definition) is 5. The molecule has 7 nitrogen and oxygen atoms in total. The molecule has 3 rings (SSSR count). The number of piperidine rings is 1. The van der Waals surface area contributed by atoms with Crippen molar-refractivity contribution in [2.24, 2.45) is 11.7 Å². The second kappa shape index (κ2) is 9.49. The average Bonchev–Trinajstić information content (AvgIpc) is 2.72. The summed E-state index contributed by atoms with van der Waals surface area (Å²) < 4.78 is 0. The smallest absolute Gasteiger partial charge is 0.303 e. The summed E-state index contributed by atoms with van der Waals surface area (Å²) in [7, 11) is 2.14. The first-order chi connectivity index (χ1) is 13.5. The van der Waals surface area contributed by atoms with Crippen LogP contribution in [-0.2, 0) is 11.3 Å². The first-order valence-corrected chi connectivity index (χ1v) is 10.2. The molecule has 0 aromatic heterocycles. The molecule has 2 aliphatic rings. The SMILES string of the molecule is CN1CCN([C@H]2CCN(C(=O)c3ccc(CN)cc3)C[C@H]2CCC(=O)O)CC1. The van der Waals surface area contributed by atoms with Crippen molar-refractivity contribution in [1.82, 2.24) is 14.7 Å². The molecule has 0 radical (unpaired) electrons. The van der Waals surface area contributed by atoms with E-state index in [1.807, 2.05) is 29.2 Å². The van der Waals surface area contributed by atoms with Gasteiger partial charge in [0.2, 0.25) is 0 Å². The molecular formula is C21H32N4O3. The summed E-state index contributed by atoms with van der Waals surface area (Å²) in [5, 5.41) is 9.17. The number of rotatable bonds is 6. The third kappa shape index (κ3) is 5.10. The molecule has 0 spiro atoms. The van der Waals surface area contributed by atoms with E-state index < -0.39 is 5.97 Å². The predicted molar refractivity (Wildman–Crippen MR) is 108 cm³/mol. The molecule has 2 saturated heterocycles. The topological polar surface area (TPSA) is 90.1 Å². The molecule has 3 N–H and O–H groups in total. The van der Waals surface area contributed by atoms with Gasteiger partial charge in [-0.15, -0.1) is 0 Å². The molecule has 2 heterocycles. The van der Waals surface area contributed by atoms with E-state index in [-0.39, 0.29) is 18.2 Å². The molecule has 154 valence electrons. The van der Waals surface area contributed by atoms with Gasteiger partial charge in [-0.1, -0.05) is 12.1 Å². The summed E-state index contributed by atoms with van der Waals surface area (Å²) in [6.45, 7) is 5.91. The Morgan fingerprint density at radius 2 is 1.79 bits per heavy atom. The van der Waals surface area contributed by atoms with Crippen molar-refractivity contribution >= 4 is 11.9 Å². The Labute approximate surface area is 167 Å². The normalized spacial score (nSPS) is 24.3. The van der Waals surface area contributed by atoms with Crippen LogP contribution in [0.15, 0.2) is 24.3 Å². The fraction of sp³-hybridized carbons (Fsp3) is 0.619. The third-order valence-electron chi connectivity index (χ3n) is 6.15. The van der Waals surface area contributed by atoms with Crippen LogP contribution in [0.2, 0.25) is 0 Å². The highest BCUT2D eigenvalue weighted by Crippen LogP contribution is 2.28. The van der Waals surface area contributed by atoms with Crippen molar-refractivity contribution in [3.05, 3.63) is 35.4 Å². The molecule has 28 heavy (non-hydrogen) atoms. The summed E-state index contributed by atoms with van der Waals surface area (Å²) in [6.07, 6.45) is 1.67. The standard InChI is InChI=1S/C21H32N4O3/c1-23-10-12-24(13-11-23)19-8-9-25(15-18(19)6-7-20(26)27)21(28)17-4-2-16(14-22)3-5-17/h2-5,18-19H,6-15,22H2,1H3,(H,26,27)/t18-,19+/m1/s1. The van der Waals surface area contributed by atoms with Crippen LogP contribution in [0.3, 0.4) is 0 Å². The minimum Gasteiger partial charge on any atom is -0.481 e. The van der Waals surface area contributed by atoms with E-state index in [9.17, 15) is 9.59 Å². The Kier molecular flexibility index (Phi) is 7.04. The van der Waals surface area contributed by atoms with Crippen LogP contribution in [0.4, 0.5) is 0 Å². The summed E-state index contributed by atoms with van der Waals surface area (Å²) in [4.78, 5) is 30.9. The first kappa shape index (κ1) is 20.8. The van der Waals surface area contributed by atoms with Crippen molar-refractivity contribution in [1.29, 1.82) is 0 Å². The van der Waals surface area contributed by atoms with Gasteiger partial charge in [0.1, 0.15) is 0 Å². The van der Waals surface area contributed by atoms with Gasteiger partial charge < -0.3 is 20.6 Å². The Hall–Kier alpha value is -1.96. The maximum Gasteiger partial charge on any atom is 0.303 e. The van der Waals surface area contributed by atoms with E-state index in [0.29, 0.717) is 31.1 Å². The lowest BCUT2D eigenvalue weighted by Crippen LogP contribution is -2.57. The van der Waals surface area contributed by atoms with Crippen LogP contribution in [0.25, 0.3) is 0 Å². The Morgan fingerprint density at radius 3 is 2.39 bits per heavy atom. The van der Waals surface area contributed by atoms with E-state index in [0.717, 1.165) is 44.7 Å². The number of likely N-dealkylation sites (N-methyl/N-ethyl adjacent to an activating group) is 1. The fourth-order valence-electron chi connectivity index (χ4n) is 4.40. The molecule has 1 aromatic rings. The van der Waals surface area contributed by atoms with Gasteiger partial charge in [-0.3, -0.25) is 14.5 Å². The zero-order valence-electron chi connectivity index (χ0n) is 16.7. The van der Waals surface area contributed by atoms with Gasteiger partial charge in [0, 0.05) is 63.8 Å². The highest BCUT2D eigenvalue weighted by atomic mass is 16.4. The molecule has 1 aromatic carbocycles. The molecule has 1 amide bonds. The number of piperazine rings is 1. The van der Waals surface area contributed by atoms with Crippen LogP contribution < -0.4 is 5.73 Å². The number of carboxylic acid groups (broad SMARTS) is 1. The van der Waals surface area contributed by atoms with Crippen LogP contribution >= 0.6 is 0 Å². The van der Waals surface area contributed by atoms with Gasteiger partial charge in [-0.25, -0.2) is 0 Å². The van der Waals surface area contributed by atoms with Crippen molar-refractivity contribution in [2.45, 2.75) is 31.8 Å². The van der Waals surface area contributed by atoms with Gasteiger partial charge >= 0.3 is 5.97 Å². The number of hydrogen-bond donors (Lipinski definition) is 2. The van der Waals surface area contributed by atoms with Crippen LogP contribution in [0.1, 0.15) is 35.2 Å². The van der Waals surface area contributed by atoms with E-state index in [1.54, 1.807) is 0 Å². The Bertz CT molecular complexity index is 671. The van der Waals surface area contributed by atoms with Crippen molar-refractivity contribution in [3.8, 4) is 0 Å². The highest BCUT2D eigenvalue weighted by molar-refractivity contribution is 5.94. The molecule has 7 heteroatoms. The first-order valence-electron chi connectivity index (χ1n) is 10.2. The molecule has 0 bridgehead atoms.